The number of halogens is 1. The van der Waals surface area contributed by atoms with Crippen molar-refractivity contribution in [3.63, 3.8) is 0 Å². The fourth-order valence-electron chi connectivity index (χ4n) is 1.63. The van der Waals surface area contributed by atoms with Crippen LogP contribution >= 0.6 is 15.9 Å². The molecule has 0 aliphatic heterocycles. The van der Waals surface area contributed by atoms with E-state index in [-0.39, 0.29) is 11.3 Å². The van der Waals surface area contributed by atoms with Crippen LogP contribution in [0.3, 0.4) is 0 Å². The maximum atomic E-state index is 11.8. The molecule has 1 saturated carbocycles. The van der Waals surface area contributed by atoms with Crippen molar-refractivity contribution >= 4 is 21.8 Å². The summed E-state index contributed by atoms with van der Waals surface area (Å²) in [5.74, 6) is -0.0268. The van der Waals surface area contributed by atoms with Gasteiger partial charge in [-0.2, -0.15) is 0 Å². The van der Waals surface area contributed by atoms with E-state index in [9.17, 15) is 4.79 Å². The zero-order valence-electron chi connectivity index (χ0n) is 9.00. The van der Waals surface area contributed by atoms with Gasteiger partial charge in [0.05, 0.1) is 0 Å². The Labute approximate surface area is 104 Å². The van der Waals surface area contributed by atoms with Gasteiger partial charge in [-0.1, -0.05) is 22.0 Å². The number of benzene rings is 1. The van der Waals surface area contributed by atoms with Crippen LogP contribution in [0, 0.1) is 5.41 Å². The summed E-state index contributed by atoms with van der Waals surface area (Å²) in [6.07, 6.45) is 2.25. The van der Waals surface area contributed by atoms with Crippen molar-refractivity contribution in [2.45, 2.75) is 12.8 Å². The first-order valence-electron chi connectivity index (χ1n) is 5.39. The molecule has 1 amide bonds. The summed E-state index contributed by atoms with van der Waals surface area (Å²) in [5.41, 5.74) is 6.52. The van der Waals surface area contributed by atoms with Crippen LogP contribution in [0.4, 0.5) is 0 Å². The molecule has 0 bridgehead atoms. The monoisotopic (exact) mass is 282 g/mol. The minimum Gasteiger partial charge on any atom is -0.351 e. The Morgan fingerprint density at radius 3 is 2.81 bits per heavy atom. The molecule has 1 aliphatic rings. The lowest BCUT2D eigenvalue weighted by Crippen LogP contribution is -2.33. The highest BCUT2D eigenvalue weighted by atomic mass is 79.9. The molecule has 1 aromatic carbocycles. The van der Waals surface area contributed by atoms with Crippen LogP contribution < -0.4 is 11.1 Å². The van der Waals surface area contributed by atoms with Crippen molar-refractivity contribution < 1.29 is 4.79 Å². The average molecular weight is 283 g/mol. The van der Waals surface area contributed by atoms with E-state index in [0.29, 0.717) is 18.7 Å². The lowest BCUT2D eigenvalue weighted by molar-refractivity contribution is 0.0945. The molecule has 2 rings (SSSR count). The molecule has 0 aromatic heterocycles. The molecule has 0 radical (unpaired) electrons. The normalized spacial score (nSPS) is 16.9. The third-order valence-corrected chi connectivity index (χ3v) is 3.59. The molecular formula is C12H15BrN2O. The number of rotatable bonds is 4. The summed E-state index contributed by atoms with van der Waals surface area (Å²) in [6.45, 7) is 1.35. The standard InChI is InChI=1S/C12H15BrN2O/c13-10-3-1-2-9(6-10)11(16)15-8-12(7-14)4-5-12/h1-3,6H,4-5,7-8,14H2,(H,15,16). The predicted octanol–water partition coefficient (Wildman–Crippen LogP) is 1.92. The van der Waals surface area contributed by atoms with Gasteiger partial charge < -0.3 is 11.1 Å². The number of nitrogens with two attached hydrogens (primary N) is 1. The topological polar surface area (TPSA) is 55.1 Å². The molecule has 0 heterocycles. The zero-order valence-corrected chi connectivity index (χ0v) is 10.6. The van der Waals surface area contributed by atoms with Crippen molar-refractivity contribution in [1.29, 1.82) is 0 Å². The molecule has 0 saturated heterocycles. The fourth-order valence-corrected chi connectivity index (χ4v) is 2.03. The summed E-state index contributed by atoms with van der Waals surface area (Å²) < 4.78 is 0.917. The van der Waals surface area contributed by atoms with Gasteiger partial charge in [0.2, 0.25) is 0 Å². The lowest BCUT2D eigenvalue weighted by Gasteiger charge is -2.13. The van der Waals surface area contributed by atoms with Gasteiger partial charge in [0.1, 0.15) is 0 Å². The van der Waals surface area contributed by atoms with Gasteiger partial charge in [0.25, 0.3) is 5.91 Å². The number of amides is 1. The maximum Gasteiger partial charge on any atom is 0.251 e. The molecular weight excluding hydrogens is 268 g/mol. The average Bonchev–Trinajstić information content (AvgIpc) is 3.07. The van der Waals surface area contributed by atoms with E-state index < -0.39 is 0 Å². The summed E-state index contributed by atoms with van der Waals surface area (Å²) in [7, 11) is 0. The first-order chi connectivity index (χ1) is 7.65. The summed E-state index contributed by atoms with van der Waals surface area (Å²) in [5, 5.41) is 2.94. The lowest BCUT2D eigenvalue weighted by atomic mass is 10.1. The van der Waals surface area contributed by atoms with Crippen LogP contribution in [-0.4, -0.2) is 19.0 Å². The quantitative estimate of drug-likeness (QED) is 0.887. The molecule has 4 heteroatoms. The fraction of sp³-hybridized carbons (Fsp3) is 0.417. The molecule has 1 aliphatic carbocycles. The highest BCUT2D eigenvalue weighted by Gasteiger charge is 2.41. The second kappa shape index (κ2) is 4.55. The molecule has 3 N–H and O–H groups in total. The third kappa shape index (κ3) is 2.62. The molecule has 0 atom stereocenters. The van der Waals surface area contributed by atoms with Crippen molar-refractivity contribution in [2.24, 2.45) is 11.1 Å². The minimum atomic E-state index is -0.0268. The zero-order chi connectivity index (χ0) is 11.6. The van der Waals surface area contributed by atoms with Gasteiger partial charge >= 0.3 is 0 Å². The van der Waals surface area contributed by atoms with Crippen LogP contribution in [0.2, 0.25) is 0 Å². The van der Waals surface area contributed by atoms with Crippen molar-refractivity contribution in [1.82, 2.24) is 5.32 Å². The summed E-state index contributed by atoms with van der Waals surface area (Å²) >= 11 is 3.35. The third-order valence-electron chi connectivity index (χ3n) is 3.10. The Balaban J connectivity index is 1.93. The highest BCUT2D eigenvalue weighted by molar-refractivity contribution is 9.10. The van der Waals surface area contributed by atoms with Crippen LogP contribution in [0.25, 0.3) is 0 Å². The van der Waals surface area contributed by atoms with Crippen LogP contribution in [0.1, 0.15) is 23.2 Å². The van der Waals surface area contributed by atoms with Gasteiger partial charge in [0, 0.05) is 22.0 Å². The molecule has 16 heavy (non-hydrogen) atoms. The number of carbonyl (C=O) groups excluding carboxylic acids is 1. The SMILES string of the molecule is NCC1(CNC(=O)c2cccc(Br)c2)CC1. The van der Waals surface area contributed by atoms with E-state index in [0.717, 1.165) is 17.3 Å². The van der Waals surface area contributed by atoms with Gasteiger partial charge in [-0.05, 0) is 37.6 Å². The summed E-state index contributed by atoms with van der Waals surface area (Å²) in [4.78, 5) is 11.8. The number of nitrogens with one attached hydrogen (secondary N) is 1. The van der Waals surface area contributed by atoms with Crippen molar-refractivity contribution in [3.05, 3.63) is 34.3 Å². The Hall–Kier alpha value is -0.870. The first-order valence-corrected chi connectivity index (χ1v) is 6.18. The van der Waals surface area contributed by atoms with Crippen LogP contribution in [-0.2, 0) is 0 Å². The van der Waals surface area contributed by atoms with E-state index in [1.54, 1.807) is 0 Å². The van der Waals surface area contributed by atoms with Gasteiger partial charge in [-0.3, -0.25) is 4.79 Å². The second-order valence-corrected chi connectivity index (χ2v) is 5.31. The molecule has 86 valence electrons. The second-order valence-electron chi connectivity index (χ2n) is 4.40. The largest absolute Gasteiger partial charge is 0.351 e. The van der Waals surface area contributed by atoms with E-state index in [1.807, 2.05) is 24.3 Å². The number of carbonyl (C=O) groups is 1. The Morgan fingerprint density at radius 1 is 1.50 bits per heavy atom. The van der Waals surface area contributed by atoms with E-state index >= 15 is 0 Å². The van der Waals surface area contributed by atoms with Crippen LogP contribution in [0.15, 0.2) is 28.7 Å². The minimum absolute atomic E-state index is 0.0268. The Morgan fingerprint density at radius 2 is 2.25 bits per heavy atom. The smallest absolute Gasteiger partial charge is 0.251 e. The first kappa shape index (κ1) is 11.6. The van der Waals surface area contributed by atoms with Gasteiger partial charge in [-0.15, -0.1) is 0 Å². The molecule has 0 spiro atoms. The van der Waals surface area contributed by atoms with E-state index in [4.69, 9.17) is 5.73 Å². The van der Waals surface area contributed by atoms with Crippen molar-refractivity contribution in [2.75, 3.05) is 13.1 Å². The van der Waals surface area contributed by atoms with Crippen LogP contribution in [0.5, 0.6) is 0 Å². The molecule has 3 nitrogen and oxygen atoms in total. The predicted molar refractivity (Wildman–Crippen MR) is 67.2 cm³/mol. The van der Waals surface area contributed by atoms with E-state index in [1.165, 1.54) is 0 Å². The molecule has 1 fully saturated rings. The molecule has 0 unspecified atom stereocenters. The number of hydrogen-bond donors (Lipinski definition) is 2. The maximum absolute atomic E-state index is 11.8. The van der Waals surface area contributed by atoms with Gasteiger partial charge in [0.15, 0.2) is 0 Å². The van der Waals surface area contributed by atoms with Crippen molar-refractivity contribution in [3.8, 4) is 0 Å². The Bertz CT molecular complexity index is 402. The highest BCUT2D eigenvalue weighted by Crippen LogP contribution is 2.43. The Kier molecular flexibility index (Phi) is 3.30. The number of hydrogen-bond acceptors (Lipinski definition) is 2. The van der Waals surface area contributed by atoms with E-state index in [2.05, 4.69) is 21.2 Å². The summed E-state index contributed by atoms with van der Waals surface area (Å²) in [6, 6.07) is 7.38. The molecule has 1 aromatic rings. The van der Waals surface area contributed by atoms with Gasteiger partial charge in [-0.25, -0.2) is 0 Å².